The van der Waals surface area contributed by atoms with Gasteiger partial charge in [-0.3, -0.25) is 14.5 Å². The Labute approximate surface area is 118 Å². The third-order valence-electron chi connectivity index (χ3n) is 6.05. The number of fused-ring (bicyclic) bond motifs is 5. The molecule has 1 heterocycles. The van der Waals surface area contributed by atoms with Gasteiger partial charge in [-0.15, -0.1) is 0 Å². The number of carbonyl (C=O) groups excluding carboxylic acids is 2. The van der Waals surface area contributed by atoms with E-state index in [-0.39, 0.29) is 47.5 Å². The highest BCUT2D eigenvalue weighted by atomic mass is 16.3. The molecule has 1 aliphatic heterocycles. The summed E-state index contributed by atoms with van der Waals surface area (Å²) in [5.41, 5.74) is -0.226. The van der Waals surface area contributed by atoms with E-state index < -0.39 is 0 Å². The van der Waals surface area contributed by atoms with Crippen molar-refractivity contribution in [1.82, 2.24) is 4.90 Å². The van der Waals surface area contributed by atoms with Crippen LogP contribution in [-0.2, 0) is 9.59 Å². The lowest BCUT2D eigenvalue weighted by molar-refractivity contribution is -0.143. The van der Waals surface area contributed by atoms with Crippen molar-refractivity contribution < 1.29 is 14.7 Å². The molecule has 4 aliphatic rings. The van der Waals surface area contributed by atoms with E-state index in [4.69, 9.17) is 0 Å². The van der Waals surface area contributed by atoms with Crippen LogP contribution in [0.15, 0.2) is 12.2 Å². The lowest BCUT2D eigenvalue weighted by atomic mass is 9.85. The Morgan fingerprint density at radius 3 is 2.15 bits per heavy atom. The summed E-state index contributed by atoms with van der Waals surface area (Å²) in [6, 6.07) is 0. The first-order valence-corrected chi connectivity index (χ1v) is 7.80. The highest BCUT2D eigenvalue weighted by molar-refractivity contribution is 6.06. The molecule has 4 unspecified atom stereocenters. The summed E-state index contributed by atoms with van der Waals surface area (Å²) in [7, 11) is 0. The van der Waals surface area contributed by atoms with Crippen molar-refractivity contribution in [2.75, 3.05) is 13.2 Å². The molecule has 108 valence electrons. The van der Waals surface area contributed by atoms with Gasteiger partial charge in [-0.1, -0.05) is 25.0 Å². The molecule has 20 heavy (non-hydrogen) atoms. The van der Waals surface area contributed by atoms with Crippen LogP contribution in [0.4, 0.5) is 0 Å². The number of likely N-dealkylation sites (tertiary alicyclic amines) is 1. The van der Waals surface area contributed by atoms with Crippen LogP contribution < -0.4 is 0 Å². The summed E-state index contributed by atoms with van der Waals surface area (Å²) in [5.74, 6) is 0.401. The van der Waals surface area contributed by atoms with Gasteiger partial charge in [0.05, 0.1) is 18.4 Å². The monoisotopic (exact) mass is 275 g/mol. The number of amides is 2. The molecular formula is C16H21NO3. The minimum absolute atomic E-state index is 0.0246. The van der Waals surface area contributed by atoms with Crippen molar-refractivity contribution in [3.63, 3.8) is 0 Å². The van der Waals surface area contributed by atoms with Gasteiger partial charge in [-0.05, 0) is 31.1 Å². The zero-order valence-corrected chi connectivity index (χ0v) is 11.6. The minimum Gasteiger partial charge on any atom is -0.396 e. The molecule has 2 bridgehead atoms. The van der Waals surface area contributed by atoms with Crippen LogP contribution in [0.1, 0.15) is 32.1 Å². The largest absolute Gasteiger partial charge is 0.396 e. The van der Waals surface area contributed by atoms with E-state index in [0.29, 0.717) is 6.54 Å². The summed E-state index contributed by atoms with van der Waals surface area (Å²) in [6.45, 7) is 0.526. The van der Waals surface area contributed by atoms with E-state index in [2.05, 4.69) is 12.2 Å². The Bertz CT molecular complexity index is 462. The van der Waals surface area contributed by atoms with Crippen molar-refractivity contribution in [2.45, 2.75) is 32.1 Å². The van der Waals surface area contributed by atoms with Crippen molar-refractivity contribution in [3.05, 3.63) is 12.2 Å². The summed E-state index contributed by atoms with van der Waals surface area (Å²) in [6.07, 6.45) is 9.27. The van der Waals surface area contributed by atoms with Crippen LogP contribution in [0.5, 0.6) is 0 Å². The van der Waals surface area contributed by atoms with Crippen molar-refractivity contribution in [2.24, 2.45) is 29.1 Å². The molecule has 2 amide bonds. The van der Waals surface area contributed by atoms with E-state index in [0.717, 1.165) is 32.1 Å². The Morgan fingerprint density at radius 2 is 1.65 bits per heavy atom. The number of allylic oxidation sites excluding steroid dienone is 2. The smallest absolute Gasteiger partial charge is 0.233 e. The zero-order chi connectivity index (χ0) is 13.9. The molecule has 1 saturated heterocycles. The molecule has 4 rings (SSSR count). The van der Waals surface area contributed by atoms with Crippen LogP contribution in [0.3, 0.4) is 0 Å². The maximum atomic E-state index is 12.6. The van der Waals surface area contributed by atoms with Crippen molar-refractivity contribution in [1.29, 1.82) is 0 Å². The number of hydrogen-bond donors (Lipinski definition) is 1. The van der Waals surface area contributed by atoms with Gasteiger partial charge in [0.1, 0.15) is 0 Å². The molecule has 4 atom stereocenters. The standard InChI is InChI=1S/C16H21NO3/c18-9-16(5-1-2-6-16)8-17-14(19)12-10-3-4-11(7-10)13(12)15(17)20/h3-4,10-13,18H,1-2,5-9H2. The zero-order valence-electron chi connectivity index (χ0n) is 11.6. The molecule has 0 aromatic heterocycles. The normalized spacial score (nSPS) is 41.0. The molecule has 0 spiro atoms. The number of hydrogen-bond acceptors (Lipinski definition) is 3. The predicted octanol–water partition coefficient (Wildman–Crippen LogP) is 1.35. The van der Waals surface area contributed by atoms with Crippen LogP contribution in [0.25, 0.3) is 0 Å². The van der Waals surface area contributed by atoms with E-state index in [1.807, 2.05) is 0 Å². The van der Waals surface area contributed by atoms with Crippen molar-refractivity contribution in [3.8, 4) is 0 Å². The third-order valence-corrected chi connectivity index (χ3v) is 6.05. The fraction of sp³-hybridized carbons (Fsp3) is 0.750. The van der Waals surface area contributed by atoms with Gasteiger partial charge >= 0.3 is 0 Å². The van der Waals surface area contributed by atoms with Gasteiger partial charge in [0, 0.05) is 12.0 Å². The quantitative estimate of drug-likeness (QED) is 0.625. The molecule has 4 heteroatoms. The van der Waals surface area contributed by atoms with Crippen LogP contribution in [0, 0.1) is 29.1 Å². The highest BCUT2D eigenvalue weighted by Gasteiger charge is 2.60. The van der Waals surface area contributed by atoms with E-state index in [1.165, 1.54) is 4.90 Å². The Balaban J connectivity index is 1.58. The van der Waals surface area contributed by atoms with Crippen LogP contribution >= 0.6 is 0 Å². The van der Waals surface area contributed by atoms with Gasteiger partial charge in [0.15, 0.2) is 0 Å². The maximum Gasteiger partial charge on any atom is 0.233 e. The summed E-state index contributed by atoms with van der Waals surface area (Å²) in [5, 5.41) is 9.71. The molecule has 4 nitrogen and oxygen atoms in total. The second kappa shape index (κ2) is 4.17. The number of rotatable bonds is 3. The lowest BCUT2D eigenvalue weighted by Gasteiger charge is -2.31. The molecule has 2 saturated carbocycles. The first kappa shape index (κ1) is 12.6. The van der Waals surface area contributed by atoms with Gasteiger partial charge in [0.25, 0.3) is 0 Å². The molecule has 0 aromatic carbocycles. The van der Waals surface area contributed by atoms with Gasteiger partial charge < -0.3 is 5.11 Å². The van der Waals surface area contributed by atoms with Crippen LogP contribution in [0.2, 0.25) is 0 Å². The second-order valence-electron chi connectivity index (χ2n) is 7.13. The van der Waals surface area contributed by atoms with Gasteiger partial charge in [0.2, 0.25) is 11.8 Å². The van der Waals surface area contributed by atoms with E-state index >= 15 is 0 Å². The molecular weight excluding hydrogens is 254 g/mol. The summed E-state index contributed by atoms with van der Waals surface area (Å²) >= 11 is 0. The van der Waals surface area contributed by atoms with E-state index in [1.54, 1.807) is 0 Å². The third kappa shape index (κ3) is 1.51. The van der Waals surface area contributed by atoms with Gasteiger partial charge in [-0.25, -0.2) is 0 Å². The molecule has 1 N–H and O–H groups in total. The topological polar surface area (TPSA) is 57.6 Å². The Morgan fingerprint density at radius 1 is 1.10 bits per heavy atom. The lowest BCUT2D eigenvalue weighted by Crippen LogP contribution is -2.43. The molecule has 3 aliphatic carbocycles. The molecule has 3 fully saturated rings. The Hall–Kier alpha value is -1.16. The number of aliphatic hydroxyl groups excluding tert-OH is 1. The fourth-order valence-corrected chi connectivity index (χ4v) is 4.95. The first-order valence-electron chi connectivity index (χ1n) is 7.80. The summed E-state index contributed by atoms with van der Waals surface area (Å²) < 4.78 is 0. The Kier molecular flexibility index (Phi) is 2.62. The number of imide groups is 1. The van der Waals surface area contributed by atoms with Gasteiger partial charge in [-0.2, -0.15) is 0 Å². The predicted molar refractivity (Wildman–Crippen MR) is 72.4 cm³/mol. The molecule has 0 aromatic rings. The minimum atomic E-state index is -0.226. The maximum absolute atomic E-state index is 12.6. The highest BCUT2D eigenvalue weighted by Crippen LogP contribution is 2.53. The number of carbonyl (C=O) groups is 2. The average molecular weight is 275 g/mol. The average Bonchev–Trinajstić information content (AvgIpc) is 3.20. The first-order chi connectivity index (χ1) is 9.65. The summed E-state index contributed by atoms with van der Waals surface area (Å²) in [4.78, 5) is 26.7. The van der Waals surface area contributed by atoms with Crippen LogP contribution in [-0.4, -0.2) is 35.0 Å². The number of nitrogens with zero attached hydrogens (tertiary/aromatic N) is 1. The SMILES string of the molecule is O=C1C2C3C=CC(C3)C2C(=O)N1CC1(CO)CCCC1. The van der Waals surface area contributed by atoms with Crippen molar-refractivity contribution >= 4 is 11.8 Å². The van der Waals surface area contributed by atoms with E-state index in [9.17, 15) is 14.7 Å². The second-order valence-corrected chi connectivity index (χ2v) is 7.13. The number of aliphatic hydroxyl groups is 1. The fourth-order valence-electron chi connectivity index (χ4n) is 4.95. The molecule has 0 radical (unpaired) electrons.